The predicted octanol–water partition coefficient (Wildman–Crippen LogP) is 2.78. The average Bonchev–Trinajstić information content (AvgIpc) is 2.71. The van der Waals surface area contributed by atoms with Gasteiger partial charge in [0.25, 0.3) is 0 Å². The van der Waals surface area contributed by atoms with Crippen LogP contribution in [0.15, 0.2) is 4.52 Å². The minimum Gasteiger partial charge on any atom is -0.361 e. The minimum absolute atomic E-state index is 0.267. The molecule has 0 unspecified atom stereocenters. The van der Waals surface area contributed by atoms with Crippen LogP contribution in [-0.2, 0) is 10.5 Å². The summed E-state index contributed by atoms with van der Waals surface area (Å²) in [5, 5.41) is 3.93. The van der Waals surface area contributed by atoms with Crippen molar-refractivity contribution in [3.63, 3.8) is 0 Å². The molecule has 1 aromatic heterocycles. The first-order chi connectivity index (χ1) is 9.08. The van der Waals surface area contributed by atoms with Crippen LogP contribution >= 0.6 is 11.8 Å². The number of aromatic nitrogens is 1. The Hall–Kier alpha value is -0.970. The van der Waals surface area contributed by atoms with Crippen molar-refractivity contribution in [1.29, 1.82) is 0 Å². The highest BCUT2D eigenvalue weighted by atomic mass is 32.2. The van der Waals surface area contributed by atoms with Crippen LogP contribution in [0.5, 0.6) is 0 Å². The first-order valence-corrected chi connectivity index (χ1v) is 8.00. The van der Waals surface area contributed by atoms with Gasteiger partial charge >= 0.3 is 0 Å². The van der Waals surface area contributed by atoms with Gasteiger partial charge < -0.3 is 9.42 Å². The average molecular weight is 282 g/mol. The van der Waals surface area contributed by atoms with Crippen molar-refractivity contribution >= 4 is 17.7 Å². The maximum atomic E-state index is 12.1. The normalized spacial score (nSPS) is 16.9. The van der Waals surface area contributed by atoms with Gasteiger partial charge in [0.15, 0.2) is 0 Å². The Morgan fingerprint density at radius 1 is 1.42 bits per heavy atom. The largest absolute Gasteiger partial charge is 0.361 e. The number of rotatable bonds is 4. The van der Waals surface area contributed by atoms with E-state index in [0.717, 1.165) is 54.6 Å². The van der Waals surface area contributed by atoms with Crippen molar-refractivity contribution in [3.8, 4) is 0 Å². The van der Waals surface area contributed by atoms with E-state index in [2.05, 4.69) is 12.1 Å². The zero-order chi connectivity index (χ0) is 13.8. The SMILES string of the molecule is Cc1noc(C)c1CSCC(=O)N1CCC(C)CC1. The van der Waals surface area contributed by atoms with Gasteiger partial charge in [-0.25, -0.2) is 0 Å². The number of piperidine rings is 1. The number of carbonyl (C=O) groups excluding carboxylic acids is 1. The summed E-state index contributed by atoms with van der Waals surface area (Å²) in [5.41, 5.74) is 2.06. The van der Waals surface area contributed by atoms with Gasteiger partial charge in [-0.3, -0.25) is 4.79 Å². The van der Waals surface area contributed by atoms with Gasteiger partial charge in [-0.05, 0) is 32.6 Å². The summed E-state index contributed by atoms with van der Waals surface area (Å²) in [7, 11) is 0. The zero-order valence-corrected chi connectivity index (χ0v) is 12.8. The van der Waals surface area contributed by atoms with Crippen molar-refractivity contribution in [3.05, 3.63) is 17.0 Å². The molecule has 4 nitrogen and oxygen atoms in total. The van der Waals surface area contributed by atoms with E-state index in [1.807, 2.05) is 18.7 Å². The van der Waals surface area contributed by atoms with Gasteiger partial charge in [-0.2, -0.15) is 0 Å². The highest BCUT2D eigenvalue weighted by Crippen LogP contribution is 2.21. The number of nitrogens with zero attached hydrogens (tertiary/aromatic N) is 2. The number of hydrogen-bond acceptors (Lipinski definition) is 4. The predicted molar refractivity (Wildman–Crippen MR) is 77.1 cm³/mol. The first-order valence-electron chi connectivity index (χ1n) is 6.85. The number of thioether (sulfide) groups is 1. The molecule has 0 atom stereocenters. The molecule has 0 aromatic carbocycles. The standard InChI is InChI=1S/C14H22N2O2S/c1-10-4-6-16(7-5-10)14(17)9-19-8-13-11(2)15-18-12(13)3/h10H,4-9H2,1-3H3. The quantitative estimate of drug-likeness (QED) is 0.852. The summed E-state index contributed by atoms with van der Waals surface area (Å²) in [4.78, 5) is 14.1. The molecule has 1 aliphatic rings. The lowest BCUT2D eigenvalue weighted by atomic mass is 9.99. The van der Waals surface area contributed by atoms with E-state index in [1.54, 1.807) is 11.8 Å². The van der Waals surface area contributed by atoms with E-state index >= 15 is 0 Å². The van der Waals surface area contributed by atoms with E-state index in [1.165, 1.54) is 0 Å². The lowest BCUT2D eigenvalue weighted by molar-refractivity contribution is -0.129. The van der Waals surface area contributed by atoms with Crippen LogP contribution in [0.3, 0.4) is 0 Å². The summed E-state index contributed by atoms with van der Waals surface area (Å²) in [6.45, 7) is 7.97. The van der Waals surface area contributed by atoms with Crippen LogP contribution in [0.2, 0.25) is 0 Å². The van der Waals surface area contributed by atoms with Gasteiger partial charge in [0, 0.05) is 24.4 Å². The van der Waals surface area contributed by atoms with Crippen LogP contribution in [0.4, 0.5) is 0 Å². The molecule has 0 radical (unpaired) electrons. The maximum Gasteiger partial charge on any atom is 0.232 e. The number of aryl methyl sites for hydroxylation is 2. The van der Waals surface area contributed by atoms with E-state index in [0.29, 0.717) is 5.75 Å². The zero-order valence-electron chi connectivity index (χ0n) is 11.9. The van der Waals surface area contributed by atoms with E-state index in [-0.39, 0.29) is 5.91 Å². The summed E-state index contributed by atoms with van der Waals surface area (Å²) in [6.07, 6.45) is 2.28. The molecular formula is C14H22N2O2S. The summed E-state index contributed by atoms with van der Waals surface area (Å²) in [5.74, 6) is 3.25. The summed E-state index contributed by atoms with van der Waals surface area (Å²) in [6, 6.07) is 0. The highest BCUT2D eigenvalue weighted by molar-refractivity contribution is 7.99. The van der Waals surface area contributed by atoms with Crippen molar-refractivity contribution < 1.29 is 9.32 Å². The molecule has 0 spiro atoms. The molecule has 1 amide bonds. The second-order valence-corrected chi connectivity index (χ2v) is 6.34. The fraction of sp³-hybridized carbons (Fsp3) is 0.714. The Kier molecular flexibility index (Phi) is 4.91. The van der Waals surface area contributed by atoms with Crippen LogP contribution in [0, 0.1) is 19.8 Å². The molecule has 1 saturated heterocycles. The third-order valence-corrected chi connectivity index (χ3v) is 4.73. The molecule has 1 aliphatic heterocycles. The monoisotopic (exact) mass is 282 g/mol. The third-order valence-electron chi connectivity index (χ3n) is 3.79. The van der Waals surface area contributed by atoms with Gasteiger partial charge in [-0.15, -0.1) is 11.8 Å². The molecule has 2 heterocycles. The lowest BCUT2D eigenvalue weighted by Gasteiger charge is -2.30. The third kappa shape index (κ3) is 3.75. The van der Waals surface area contributed by atoms with E-state index < -0.39 is 0 Å². The van der Waals surface area contributed by atoms with Crippen molar-refractivity contribution in [2.24, 2.45) is 5.92 Å². The Morgan fingerprint density at radius 3 is 2.68 bits per heavy atom. The van der Waals surface area contributed by atoms with Gasteiger partial charge in [-0.1, -0.05) is 12.1 Å². The Balaban J connectivity index is 1.75. The molecule has 19 heavy (non-hydrogen) atoms. The second kappa shape index (κ2) is 6.46. The minimum atomic E-state index is 0.267. The molecule has 0 saturated carbocycles. The molecule has 0 aliphatic carbocycles. The lowest BCUT2D eigenvalue weighted by Crippen LogP contribution is -2.38. The van der Waals surface area contributed by atoms with Gasteiger partial charge in [0.1, 0.15) is 5.76 Å². The molecule has 1 aromatic rings. The summed E-state index contributed by atoms with van der Waals surface area (Å²) >= 11 is 1.65. The molecule has 0 N–H and O–H groups in total. The number of amides is 1. The van der Waals surface area contributed by atoms with Gasteiger partial charge in [0.2, 0.25) is 5.91 Å². The Bertz CT molecular complexity index is 417. The van der Waals surface area contributed by atoms with Crippen LogP contribution in [-0.4, -0.2) is 34.8 Å². The molecular weight excluding hydrogens is 260 g/mol. The van der Waals surface area contributed by atoms with Crippen molar-refractivity contribution in [2.45, 2.75) is 39.4 Å². The van der Waals surface area contributed by atoms with Crippen molar-refractivity contribution in [2.75, 3.05) is 18.8 Å². The number of hydrogen-bond donors (Lipinski definition) is 0. The summed E-state index contributed by atoms with van der Waals surface area (Å²) < 4.78 is 5.12. The van der Waals surface area contributed by atoms with Crippen LogP contribution in [0.25, 0.3) is 0 Å². The topological polar surface area (TPSA) is 46.3 Å². The maximum absolute atomic E-state index is 12.1. The smallest absolute Gasteiger partial charge is 0.232 e. The van der Waals surface area contributed by atoms with Crippen LogP contribution < -0.4 is 0 Å². The van der Waals surface area contributed by atoms with Crippen molar-refractivity contribution in [1.82, 2.24) is 10.1 Å². The second-order valence-electron chi connectivity index (χ2n) is 5.36. The molecule has 1 fully saturated rings. The van der Waals surface area contributed by atoms with E-state index in [4.69, 9.17) is 4.52 Å². The van der Waals surface area contributed by atoms with E-state index in [9.17, 15) is 4.79 Å². The molecule has 106 valence electrons. The number of carbonyl (C=O) groups is 1. The Morgan fingerprint density at radius 2 is 2.11 bits per heavy atom. The molecule has 0 bridgehead atoms. The first kappa shape index (κ1) is 14.4. The van der Waals surface area contributed by atoms with Gasteiger partial charge in [0.05, 0.1) is 11.4 Å². The van der Waals surface area contributed by atoms with Crippen LogP contribution in [0.1, 0.15) is 36.8 Å². The molecule has 2 rings (SSSR count). The Labute approximate surface area is 118 Å². The fourth-order valence-electron chi connectivity index (χ4n) is 2.30. The number of likely N-dealkylation sites (tertiary alicyclic amines) is 1. The molecule has 5 heteroatoms. The fourth-order valence-corrected chi connectivity index (χ4v) is 3.37. The highest BCUT2D eigenvalue weighted by Gasteiger charge is 2.20.